The Morgan fingerprint density at radius 1 is 1.83 bits per heavy atom. The van der Waals surface area contributed by atoms with Crippen LogP contribution in [0.25, 0.3) is 0 Å². The molecular weight excluding hydrogens is 82.8 g/mol. The minimum absolute atomic E-state index is 0.475. The van der Waals surface area contributed by atoms with Gasteiger partial charge in [0, 0.05) is 0 Å². The molecule has 0 aliphatic carbocycles. The van der Waals surface area contributed by atoms with Gasteiger partial charge in [0.15, 0.2) is 0 Å². The van der Waals surface area contributed by atoms with Crippen LogP contribution in [0, 0.1) is 0 Å². The summed E-state index contributed by atoms with van der Waals surface area (Å²) >= 11 is 0. The van der Waals surface area contributed by atoms with Crippen LogP contribution in [-0.2, 0) is 0 Å². The van der Waals surface area contributed by atoms with Crippen molar-refractivity contribution in [2.45, 2.75) is 0 Å². The summed E-state index contributed by atoms with van der Waals surface area (Å²) < 4.78 is 0. The molecule has 0 aliphatic rings. The first-order chi connectivity index (χ1) is 2.77. The van der Waals surface area contributed by atoms with E-state index in [-0.39, 0.29) is 0 Å². The summed E-state index contributed by atoms with van der Waals surface area (Å²) in [5.41, 5.74) is 0. The Kier molecular flexibility index (Phi) is 2.12. The first-order valence-electron chi connectivity index (χ1n) is 1.31. The van der Waals surface area contributed by atoms with E-state index in [1.807, 2.05) is 0 Å². The number of hydrogen-bond acceptors (Lipinski definition) is 2. The molecule has 0 bridgehead atoms. The van der Waals surface area contributed by atoms with E-state index in [4.69, 9.17) is 10.2 Å². The molecule has 0 saturated carbocycles. The quantitative estimate of drug-likeness (QED) is 0.423. The fraction of sp³-hybridized carbons (Fsp3) is 0. The second kappa shape index (κ2) is 2.44. The van der Waals surface area contributed by atoms with Gasteiger partial charge >= 0.3 is 33.9 Å². The van der Waals surface area contributed by atoms with E-state index in [1.165, 1.54) is 0 Å². The first kappa shape index (κ1) is 5.20. The van der Waals surface area contributed by atoms with Crippen LogP contribution in [0.4, 0.5) is 4.79 Å². The third kappa shape index (κ3) is 3.20. The molecule has 0 aromatic carbocycles. The molecule has 0 rings (SSSR count). The molecule has 0 spiro atoms. The van der Waals surface area contributed by atoms with Crippen LogP contribution in [0.5, 0.6) is 0 Å². The molecule has 0 atom stereocenters. The number of carbonyl (C=O) groups is 1. The number of aliphatic hydroxyl groups is 1. The van der Waals surface area contributed by atoms with Crippen molar-refractivity contribution in [3.63, 3.8) is 0 Å². The molecular formula is C2H3BO3. The molecule has 2 N–H and O–H groups in total. The van der Waals surface area contributed by atoms with Crippen molar-refractivity contribution >= 4 is 18.9 Å². The number of rotatable bonds is 1. The monoisotopic (exact) mass is 86.0 g/mol. The average molecular weight is 85.9 g/mol. The third-order valence-electron chi connectivity index (χ3n) is 0.217. The summed E-state index contributed by atoms with van der Waals surface area (Å²) in [5, 5.41) is 15.3. The van der Waals surface area contributed by atoms with Crippen LogP contribution in [0.2, 0.25) is 0 Å². The SMILES string of the molecule is O=C(O)/B=C/O. The minimum atomic E-state index is -1.14. The van der Waals surface area contributed by atoms with Gasteiger partial charge in [0.1, 0.15) is 0 Å². The van der Waals surface area contributed by atoms with Crippen molar-refractivity contribution < 1.29 is 15.0 Å². The number of carboxylic acid groups (broad SMARTS) is 1. The Morgan fingerprint density at radius 2 is 2.33 bits per heavy atom. The molecule has 0 aromatic rings. The molecule has 0 radical (unpaired) electrons. The molecule has 0 amide bonds. The normalized spacial score (nSPS) is 8.00. The fourth-order valence-electron chi connectivity index (χ4n) is 0.0638. The Bertz CT molecular complexity index is 76.9. The molecule has 0 aliphatic heterocycles. The van der Waals surface area contributed by atoms with Crippen LogP contribution >= 0.6 is 0 Å². The van der Waals surface area contributed by atoms with Crippen LogP contribution in [0.1, 0.15) is 0 Å². The Balaban J connectivity index is 3.30. The first-order valence-corrected chi connectivity index (χ1v) is 1.31. The third-order valence-corrected chi connectivity index (χ3v) is 0.217. The average Bonchev–Trinajstić information content (AvgIpc) is 1.35. The molecule has 32 valence electrons. The van der Waals surface area contributed by atoms with E-state index in [1.54, 1.807) is 0 Å². The van der Waals surface area contributed by atoms with Crippen molar-refractivity contribution in [3.05, 3.63) is 0 Å². The van der Waals surface area contributed by atoms with Gasteiger partial charge in [-0.3, -0.25) is 0 Å². The maximum atomic E-state index is 9.35. The van der Waals surface area contributed by atoms with E-state index in [2.05, 4.69) is 0 Å². The van der Waals surface area contributed by atoms with E-state index in [9.17, 15) is 4.79 Å². The molecule has 3 nitrogen and oxygen atoms in total. The Morgan fingerprint density at radius 3 is 2.33 bits per heavy atom. The van der Waals surface area contributed by atoms with Crippen molar-refractivity contribution in [1.82, 2.24) is 0 Å². The predicted molar refractivity (Wildman–Crippen MR) is 21.8 cm³/mol. The van der Waals surface area contributed by atoms with Gasteiger partial charge < -0.3 is 0 Å². The summed E-state index contributed by atoms with van der Waals surface area (Å²) in [7, 11) is 0. The summed E-state index contributed by atoms with van der Waals surface area (Å²) in [6.07, 6.45) is 0.475. The second-order valence-corrected chi connectivity index (χ2v) is 0.654. The number of aliphatic hydroxyl groups excluding tert-OH is 1. The summed E-state index contributed by atoms with van der Waals surface area (Å²) in [6.45, 7) is 0.639. The van der Waals surface area contributed by atoms with Gasteiger partial charge in [-0.25, -0.2) is 0 Å². The molecule has 0 unspecified atom stereocenters. The van der Waals surface area contributed by atoms with Crippen molar-refractivity contribution in [1.29, 1.82) is 0 Å². The summed E-state index contributed by atoms with van der Waals surface area (Å²) in [5.74, 6) is -1.14. The molecule has 0 heterocycles. The molecule has 0 saturated heterocycles. The van der Waals surface area contributed by atoms with Crippen molar-refractivity contribution in [3.8, 4) is 0 Å². The van der Waals surface area contributed by atoms with Crippen LogP contribution in [0.15, 0.2) is 0 Å². The van der Waals surface area contributed by atoms with Gasteiger partial charge in [0.25, 0.3) is 0 Å². The molecule has 4 heteroatoms. The zero-order valence-electron chi connectivity index (χ0n) is 2.96. The van der Waals surface area contributed by atoms with E-state index < -0.39 is 5.87 Å². The Labute approximate surface area is 35.1 Å². The molecule has 0 fully saturated rings. The Hall–Kier alpha value is -0.795. The van der Waals surface area contributed by atoms with Gasteiger partial charge in [-0.05, 0) is 0 Å². The summed E-state index contributed by atoms with van der Waals surface area (Å²) in [6, 6.07) is 0. The topological polar surface area (TPSA) is 57.5 Å². The van der Waals surface area contributed by atoms with Gasteiger partial charge in [-0.1, -0.05) is 0 Å². The standard InChI is InChI=1S/C2H3BO3/c4-1-3-2(5)6/h1,4H,(H,5,6). The summed E-state index contributed by atoms with van der Waals surface area (Å²) in [4.78, 5) is 9.35. The van der Waals surface area contributed by atoms with Gasteiger partial charge in [-0.2, -0.15) is 0 Å². The molecule has 0 aromatic heterocycles. The van der Waals surface area contributed by atoms with Gasteiger partial charge in [-0.15, -0.1) is 0 Å². The van der Waals surface area contributed by atoms with Crippen molar-refractivity contribution in [2.75, 3.05) is 0 Å². The van der Waals surface area contributed by atoms with E-state index in [0.29, 0.717) is 13.1 Å². The van der Waals surface area contributed by atoms with Gasteiger partial charge in [0.05, 0.1) is 0 Å². The van der Waals surface area contributed by atoms with Crippen LogP contribution in [-0.4, -0.2) is 29.2 Å². The van der Waals surface area contributed by atoms with Crippen LogP contribution < -0.4 is 0 Å². The van der Waals surface area contributed by atoms with Crippen LogP contribution in [0.3, 0.4) is 0 Å². The predicted octanol–water partition coefficient (Wildman–Crippen LogP) is -0.499. The van der Waals surface area contributed by atoms with E-state index >= 15 is 0 Å². The van der Waals surface area contributed by atoms with Crippen molar-refractivity contribution in [2.24, 2.45) is 0 Å². The second-order valence-electron chi connectivity index (χ2n) is 0.654. The molecule has 6 heavy (non-hydrogen) atoms. The van der Waals surface area contributed by atoms with Gasteiger partial charge in [0.2, 0.25) is 0 Å². The zero-order valence-corrected chi connectivity index (χ0v) is 2.96. The number of hydrogen-bond donors (Lipinski definition) is 2. The maximum absolute atomic E-state index is 9.35. The fourth-order valence-corrected chi connectivity index (χ4v) is 0.0638. The van der Waals surface area contributed by atoms with E-state index in [0.717, 1.165) is 0 Å². The zero-order chi connectivity index (χ0) is 4.99.